The SMILES string of the molecule is NS(=O)(=O)c1ccc(NC(=O)CCN2C(=O)[C@H]3[C@H](C2=O)[C@H]2C=C[C@H]3C2)cc1. The summed E-state index contributed by atoms with van der Waals surface area (Å²) in [4.78, 5) is 38.4. The molecule has 8 nitrogen and oxygen atoms in total. The first-order chi connectivity index (χ1) is 12.8. The van der Waals surface area contributed by atoms with Gasteiger partial charge in [0.25, 0.3) is 0 Å². The molecule has 27 heavy (non-hydrogen) atoms. The number of benzene rings is 1. The van der Waals surface area contributed by atoms with Gasteiger partial charge in [0.1, 0.15) is 0 Å². The topological polar surface area (TPSA) is 127 Å². The Morgan fingerprint density at radius 2 is 1.63 bits per heavy atom. The number of allylic oxidation sites excluding steroid dienone is 2. The number of nitrogens with two attached hydrogens (primary N) is 1. The van der Waals surface area contributed by atoms with Crippen LogP contribution in [-0.4, -0.2) is 37.6 Å². The van der Waals surface area contributed by atoms with Gasteiger partial charge >= 0.3 is 0 Å². The molecule has 0 spiro atoms. The summed E-state index contributed by atoms with van der Waals surface area (Å²) in [6.45, 7) is 0.0468. The van der Waals surface area contributed by atoms with Crippen LogP contribution in [0.4, 0.5) is 5.69 Å². The quantitative estimate of drug-likeness (QED) is 0.559. The molecule has 2 fully saturated rings. The van der Waals surface area contributed by atoms with Crippen molar-refractivity contribution in [3.63, 3.8) is 0 Å². The molecule has 0 radical (unpaired) electrons. The Morgan fingerprint density at radius 1 is 1.07 bits per heavy atom. The van der Waals surface area contributed by atoms with Crippen LogP contribution in [0.1, 0.15) is 12.8 Å². The van der Waals surface area contributed by atoms with Crippen LogP contribution in [0.15, 0.2) is 41.3 Å². The van der Waals surface area contributed by atoms with Crippen LogP contribution in [0.3, 0.4) is 0 Å². The molecular weight excluding hydrogens is 370 g/mol. The monoisotopic (exact) mass is 389 g/mol. The Morgan fingerprint density at radius 3 is 2.15 bits per heavy atom. The third kappa shape index (κ3) is 3.06. The molecule has 1 saturated carbocycles. The van der Waals surface area contributed by atoms with Crippen LogP contribution in [-0.2, 0) is 24.4 Å². The van der Waals surface area contributed by atoms with Gasteiger partial charge in [0, 0.05) is 18.7 Å². The number of imide groups is 1. The normalized spacial score (nSPS) is 28.7. The van der Waals surface area contributed by atoms with Crippen molar-refractivity contribution < 1.29 is 22.8 Å². The summed E-state index contributed by atoms with van der Waals surface area (Å²) in [5, 5.41) is 7.64. The van der Waals surface area contributed by atoms with E-state index >= 15 is 0 Å². The Labute approximate surface area is 156 Å². The first-order valence-electron chi connectivity index (χ1n) is 8.72. The van der Waals surface area contributed by atoms with Gasteiger partial charge in [-0.3, -0.25) is 19.3 Å². The average Bonchev–Trinajstić information content (AvgIpc) is 3.28. The molecule has 3 N–H and O–H groups in total. The summed E-state index contributed by atoms with van der Waals surface area (Å²) >= 11 is 0. The molecular formula is C18H19N3O5S. The summed E-state index contributed by atoms with van der Waals surface area (Å²) in [5.41, 5.74) is 0.408. The number of carbonyl (C=O) groups excluding carboxylic acids is 3. The number of rotatable bonds is 5. The fraction of sp³-hybridized carbons (Fsp3) is 0.389. The lowest BCUT2D eigenvalue weighted by Gasteiger charge is -2.17. The van der Waals surface area contributed by atoms with Crippen LogP contribution in [0.25, 0.3) is 0 Å². The molecule has 2 bridgehead atoms. The van der Waals surface area contributed by atoms with Gasteiger partial charge in [0.05, 0.1) is 16.7 Å². The molecule has 1 aliphatic heterocycles. The van der Waals surface area contributed by atoms with Crippen molar-refractivity contribution in [2.75, 3.05) is 11.9 Å². The van der Waals surface area contributed by atoms with E-state index in [9.17, 15) is 22.8 Å². The number of anilines is 1. The number of carbonyl (C=O) groups is 3. The highest BCUT2D eigenvalue weighted by Gasteiger charge is 2.58. The lowest BCUT2D eigenvalue weighted by molar-refractivity contribution is -0.140. The highest BCUT2D eigenvalue weighted by molar-refractivity contribution is 7.89. The van der Waals surface area contributed by atoms with Crippen molar-refractivity contribution in [1.82, 2.24) is 4.90 Å². The van der Waals surface area contributed by atoms with Gasteiger partial charge in [0.2, 0.25) is 27.7 Å². The van der Waals surface area contributed by atoms with Gasteiger partial charge in [-0.2, -0.15) is 0 Å². The summed E-state index contributed by atoms with van der Waals surface area (Å²) in [5.74, 6) is -0.945. The molecule has 1 aromatic carbocycles. The predicted octanol–water partition coefficient (Wildman–Crippen LogP) is 0.470. The van der Waals surface area contributed by atoms with Crippen molar-refractivity contribution in [1.29, 1.82) is 0 Å². The highest BCUT2D eigenvalue weighted by atomic mass is 32.2. The number of nitrogens with one attached hydrogen (secondary N) is 1. The smallest absolute Gasteiger partial charge is 0.238 e. The van der Waals surface area contributed by atoms with Crippen molar-refractivity contribution in [2.45, 2.75) is 17.7 Å². The molecule has 1 aromatic rings. The molecule has 1 heterocycles. The van der Waals surface area contributed by atoms with E-state index < -0.39 is 10.0 Å². The number of sulfonamides is 1. The Hall–Kier alpha value is -2.52. The second kappa shape index (κ2) is 6.28. The van der Waals surface area contributed by atoms with Crippen LogP contribution < -0.4 is 10.5 Å². The number of hydrogen-bond donors (Lipinski definition) is 2. The Kier molecular flexibility index (Phi) is 4.15. The van der Waals surface area contributed by atoms with Gasteiger partial charge in [-0.1, -0.05) is 12.2 Å². The number of primary sulfonamides is 1. The molecule has 3 aliphatic rings. The van der Waals surface area contributed by atoms with Crippen molar-refractivity contribution >= 4 is 33.4 Å². The largest absolute Gasteiger partial charge is 0.326 e. The molecule has 9 heteroatoms. The second-order valence-electron chi connectivity index (χ2n) is 7.20. The third-order valence-corrected chi connectivity index (χ3v) is 6.52. The minimum Gasteiger partial charge on any atom is -0.326 e. The zero-order valence-corrected chi connectivity index (χ0v) is 15.2. The van der Waals surface area contributed by atoms with Crippen molar-refractivity contribution in [2.24, 2.45) is 28.8 Å². The minimum absolute atomic E-state index is 0.0172. The number of amides is 3. The Balaban J connectivity index is 1.35. The zero-order valence-electron chi connectivity index (χ0n) is 14.4. The minimum atomic E-state index is -3.79. The fourth-order valence-corrected chi connectivity index (χ4v) is 4.86. The fourth-order valence-electron chi connectivity index (χ4n) is 4.35. The number of hydrogen-bond acceptors (Lipinski definition) is 5. The van der Waals surface area contributed by atoms with Gasteiger partial charge in [0.15, 0.2) is 0 Å². The molecule has 142 valence electrons. The van der Waals surface area contributed by atoms with E-state index in [4.69, 9.17) is 5.14 Å². The maximum Gasteiger partial charge on any atom is 0.238 e. The van der Waals surface area contributed by atoms with E-state index in [1.807, 2.05) is 12.2 Å². The van der Waals surface area contributed by atoms with Crippen LogP contribution >= 0.6 is 0 Å². The molecule has 2 aliphatic carbocycles. The number of nitrogens with zero attached hydrogens (tertiary/aromatic N) is 1. The summed E-state index contributed by atoms with van der Waals surface area (Å²) in [7, 11) is -3.79. The molecule has 4 atom stereocenters. The van der Waals surface area contributed by atoms with E-state index in [2.05, 4.69) is 5.32 Å². The molecule has 0 aromatic heterocycles. The predicted molar refractivity (Wildman–Crippen MR) is 95.5 cm³/mol. The van der Waals surface area contributed by atoms with E-state index in [0.29, 0.717) is 5.69 Å². The summed E-state index contributed by atoms with van der Waals surface area (Å²) in [6.07, 6.45) is 4.91. The first kappa shape index (κ1) is 17.9. The molecule has 0 unspecified atom stereocenters. The summed E-state index contributed by atoms with van der Waals surface area (Å²) in [6, 6.07) is 5.44. The zero-order chi connectivity index (χ0) is 19.3. The average molecular weight is 389 g/mol. The Bertz CT molecular complexity index is 924. The van der Waals surface area contributed by atoms with Crippen molar-refractivity contribution in [3.8, 4) is 0 Å². The van der Waals surface area contributed by atoms with Gasteiger partial charge in [-0.05, 0) is 42.5 Å². The summed E-state index contributed by atoms with van der Waals surface area (Å²) < 4.78 is 22.5. The number of likely N-dealkylation sites (tertiary alicyclic amines) is 1. The van der Waals surface area contributed by atoms with Gasteiger partial charge in [-0.15, -0.1) is 0 Å². The maximum atomic E-state index is 12.6. The standard InChI is InChI=1S/C18H19N3O5S/c19-27(25,26)13-5-3-12(4-6-13)20-14(22)7-8-21-17(23)15-10-1-2-11(9-10)16(15)18(21)24/h1-6,10-11,15-16H,7-9H2,(H,20,22)(H2,19,25,26)/t10-,11-,15+,16+/m0/s1. The van der Waals surface area contributed by atoms with Gasteiger partial charge in [-0.25, -0.2) is 13.6 Å². The van der Waals surface area contributed by atoms with E-state index in [0.717, 1.165) is 6.42 Å². The maximum absolute atomic E-state index is 12.6. The highest BCUT2D eigenvalue weighted by Crippen LogP contribution is 2.52. The van der Waals surface area contributed by atoms with Crippen LogP contribution in [0.2, 0.25) is 0 Å². The lowest BCUT2D eigenvalue weighted by atomic mass is 9.85. The second-order valence-corrected chi connectivity index (χ2v) is 8.76. The van der Waals surface area contributed by atoms with E-state index in [1.54, 1.807) is 0 Å². The molecule has 3 amide bonds. The molecule has 1 saturated heterocycles. The lowest BCUT2D eigenvalue weighted by Crippen LogP contribution is -2.35. The van der Waals surface area contributed by atoms with Crippen LogP contribution in [0, 0.1) is 23.7 Å². The third-order valence-electron chi connectivity index (χ3n) is 5.59. The number of fused-ring (bicyclic) bond motifs is 5. The first-order valence-corrected chi connectivity index (χ1v) is 10.3. The molecule has 4 rings (SSSR count). The van der Waals surface area contributed by atoms with E-state index in [1.165, 1.54) is 29.2 Å². The van der Waals surface area contributed by atoms with E-state index in [-0.39, 0.29) is 59.3 Å². The van der Waals surface area contributed by atoms with Crippen molar-refractivity contribution in [3.05, 3.63) is 36.4 Å². The van der Waals surface area contributed by atoms with Gasteiger partial charge < -0.3 is 5.32 Å². The van der Waals surface area contributed by atoms with Crippen LogP contribution in [0.5, 0.6) is 0 Å².